The zero-order valence-electron chi connectivity index (χ0n) is 9.92. The fourth-order valence-electron chi connectivity index (χ4n) is 1.66. The SMILES string of the molecule is CN(C)S(=O)(=O)NCC1CN(C2CC2)C(=O)O1. The fourth-order valence-corrected chi connectivity index (χ4v) is 2.31. The molecular formula is C9H17N3O4S. The van der Waals surface area contributed by atoms with Gasteiger partial charge in [-0.2, -0.15) is 17.4 Å². The molecule has 2 aliphatic rings. The summed E-state index contributed by atoms with van der Waals surface area (Å²) < 4.78 is 31.5. The smallest absolute Gasteiger partial charge is 0.410 e. The van der Waals surface area contributed by atoms with Crippen LogP contribution >= 0.6 is 0 Å². The molecule has 0 bridgehead atoms. The average molecular weight is 263 g/mol. The highest BCUT2D eigenvalue weighted by molar-refractivity contribution is 7.87. The molecule has 1 atom stereocenters. The molecular weight excluding hydrogens is 246 g/mol. The van der Waals surface area contributed by atoms with Crippen LogP contribution in [0.25, 0.3) is 0 Å². The maximum atomic E-state index is 11.5. The number of nitrogens with one attached hydrogen (secondary N) is 1. The third-order valence-corrected chi connectivity index (χ3v) is 4.36. The third-order valence-electron chi connectivity index (χ3n) is 2.86. The molecule has 0 spiro atoms. The third kappa shape index (κ3) is 2.88. The van der Waals surface area contributed by atoms with E-state index in [0.717, 1.165) is 17.1 Å². The van der Waals surface area contributed by atoms with Crippen LogP contribution in [0.4, 0.5) is 4.79 Å². The molecule has 8 heteroatoms. The van der Waals surface area contributed by atoms with Gasteiger partial charge in [-0.15, -0.1) is 0 Å². The van der Waals surface area contributed by atoms with E-state index in [4.69, 9.17) is 4.74 Å². The van der Waals surface area contributed by atoms with Gasteiger partial charge in [0.05, 0.1) is 13.1 Å². The molecule has 2 fully saturated rings. The van der Waals surface area contributed by atoms with Gasteiger partial charge in [-0.25, -0.2) is 4.79 Å². The van der Waals surface area contributed by atoms with Gasteiger partial charge in [0.25, 0.3) is 10.2 Å². The summed E-state index contributed by atoms with van der Waals surface area (Å²) in [6.07, 6.45) is 1.32. The van der Waals surface area contributed by atoms with E-state index in [1.54, 1.807) is 4.90 Å². The second-order valence-electron chi connectivity index (χ2n) is 4.53. The summed E-state index contributed by atoms with van der Waals surface area (Å²) in [5.74, 6) is 0. The largest absolute Gasteiger partial charge is 0.443 e. The lowest BCUT2D eigenvalue weighted by Crippen LogP contribution is -2.40. The molecule has 1 saturated heterocycles. The predicted molar refractivity (Wildman–Crippen MR) is 60.6 cm³/mol. The minimum Gasteiger partial charge on any atom is -0.443 e. The molecule has 7 nitrogen and oxygen atoms in total. The molecule has 1 aliphatic heterocycles. The van der Waals surface area contributed by atoms with Crippen molar-refractivity contribution in [2.75, 3.05) is 27.2 Å². The van der Waals surface area contributed by atoms with Crippen LogP contribution in [0.2, 0.25) is 0 Å². The van der Waals surface area contributed by atoms with Crippen molar-refractivity contribution in [3.05, 3.63) is 0 Å². The maximum Gasteiger partial charge on any atom is 0.410 e. The summed E-state index contributed by atoms with van der Waals surface area (Å²) in [6.45, 7) is 0.592. The van der Waals surface area contributed by atoms with Gasteiger partial charge in [0.1, 0.15) is 6.10 Å². The molecule has 0 aromatic rings. The Morgan fingerprint density at radius 1 is 1.47 bits per heavy atom. The topological polar surface area (TPSA) is 79.0 Å². The van der Waals surface area contributed by atoms with E-state index < -0.39 is 16.3 Å². The average Bonchev–Trinajstić information content (AvgIpc) is 3.00. The molecule has 2 rings (SSSR count). The van der Waals surface area contributed by atoms with Gasteiger partial charge >= 0.3 is 6.09 Å². The Morgan fingerprint density at radius 2 is 2.12 bits per heavy atom. The molecule has 1 aliphatic carbocycles. The van der Waals surface area contributed by atoms with E-state index >= 15 is 0 Å². The number of nitrogens with zero attached hydrogens (tertiary/aromatic N) is 2. The number of hydrogen-bond donors (Lipinski definition) is 1. The Balaban J connectivity index is 1.83. The minimum absolute atomic E-state index is 0.121. The van der Waals surface area contributed by atoms with Crippen molar-refractivity contribution in [3.8, 4) is 0 Å². The van der Waals surface area contributed by atoms with Crippen molar-refractivity contribution in [1.29, 1.82) is 0 Å². The Bertz CT molecular complexity index is 404. The second-order valence-corrected chi connectivity index (χ2v) is 6.49. The van der Waals surface area contributed by atoms with Crippen LogP contribution in [0, 0.1) is 0 Å². The Morgan fingerprint density at radius 3 is 2.65 bits per heavy atom. The fraction of sp³-hybridized carbons (Fsp3) is 0.889. The van der Waals surface area contributed by atoms with Crippen molar-refractivity contribution < 1.29 is 17.9 Å². The first kappa shape index (κ1) is 12.6. The number of cyclic esters (lactones) is 1. The van der Waals surface area contributed by atoms with Crippen LogP contribution < -0.4 is 4.72 Å². The number of hydrogen-bond acceptors (Lipinski definition) is 4. The van der Waals surface area contributed by atoms with Gasteiger partial charge < -0.3 is 9.64 Å². The van der Waals surface area contributed by atoms with E-state index in [0.29, 0.717) is 12.6 Å². The summed E-state index contributed by atoms with van der Waals surface area (Å²) in [5, 5.41) is 0. The van der Waals surface area contributed by atoms with Crippen molar-refractivity contribution in [1.82, 2.24) is 13.9 Å². The number of carbonyl (C=O) groups excluding carboxylic acids is 1. The Kier molecular flexibility index (Phi) is 3.28. The summed E-state index contributed by atoms with van der Waals surface area (Å²) in [6, 6.07) is 0.304. The zero-order valence-corrected chi connectivity index (χ0v) is 10.7. The molecule has 1 saturated carbocycles. The summed E-state index contributed by atoms with van der Waals surface area (Å²) in [4.78, 5) is 13.1. The molecule has 17 heavy (non-hydrogen) atoms. The van der Waals surface area contributed by atoms with E-state index in [1.165, 1.54) is 14.1 Å². The van der Waals surface area contributed by atoms with Gasteiger partial charge in [-0.05, 0) is 12.8 Å². The van der Waals surface area contributed by atoms with Crippen molar-refractivity contribution in [2.24, 2.45) is 0 Å². The maximum absolute atomic E-state index is 11.5. The van der Waals surface area contributed by atoms with Gasteiger partial charge in [0.2, 0.25) is 0 Å². The zero-order chi connectivity index (χ0) is 12.6. The molecule has 1 N–H and O–H groups in total. The molecule has 1 heterocycles. The number of rotatable bonds is 5. The Hall–Kier alpha value is -0.860. The number of amides is 1. The Labute approximate surface area is 101 Å². The highest BCUT2D eigenvalue weighted by Crippen LogP contribution is 2.30. The first-order valence-corrected chi connectivity index (χ1v) is 6.98. The van der Waals surface area contributed by atoms with Crippen LogP contribution in [0.15, 0.2) is 0 Å². The van der Waals surface area contributed by atoms with Crippen LogP contribution in [0.3, 0.4) is 0 Å². The van der Waals surface area contributed by atoms with E-state index in [9.17, 15) is 13.2 Å². The summed E-state index contributed by atoms with van der Waals surface area (Å²) in [7, 11) is -0.564. The van der Waals surface area contributed by atoms with Crippen LogP contribution in [0.5, 0.6) is 0 Å². The lowest BCUT2D eigenvalue weighted by Gasteiger charge is -2.14. The van der Waals surface area contributed by atoms with Gasteiger partial charge in [0.15, 0.2) is 0 Å². The van der Waals surface area contributed by atoms with Gasteiger partial charge in [-0.3, -0.25) is 0 Å². The standard InChI is InChI=1S/C9H17N3O4S/c1-11(2)17(14,15)10-5-8-6-12(7-3-4-7)9(13)16-8/h7-8,10H,3-6H2,1-2H3. The number of ether oxygens (including phenoxy) is 1. The monoisotopic (exact) mass is 263 g/mol. The van der Waals surface area contributed by atoms with Crippen LogP contribution in [-0.4, -0.2) is 63.0 Å². The second kappa shape index (κ2) is 4.43. The van der Waals surface area contributed by atoms with Gasteiger partial charge in [-0.1, -0.05) is 0 Å². The predicted octanol–water partition coefficient (Wildman–Crippen LogP) is -0.634. The first-order chi connectivity index (χ1) is 7.90. The van der Waals surface area contributed by atoms with Crippen molar-refractivity contribution in [3.63, 3.8) is 0 Å². The highest BCUT2D eigenvalue weighted by Gasteiger charge is 2.41. The molecule has 1 unspecified atom stereocenters. The highest BCUT2D eigenvalue weighted by atomic mass is 32.2. The molecule has 0 radical (unpaired) electrons. The quantitative estimate of drug-likeness (QED) is 0.716. The lowest BCUT2D eigenvalue weighted by molar-refractivity contribution is 0.133. The molecule has 0 aromatic heterocycles. The normalized spacial score (nSPS) is 25.5. The first-order valence-electron chi connectivity index (χ1n) is 5.54. The van der Waals surface area contributed by atoms with Crippen LogP contribution in [-0.2, 0) is 14.9 Å². The molecule has 98 valence electrons. The van der Waals surface area contributed by atoms with Gasteiger partial charge in [0, 0.05) is 20.1 Å². The van der Waals surface area contributed by atoms with Crippen molar-refractivity contribution in [2.45, 2.75) is 25.0 Å². The van der Waals surface area contributed by atoms with Crippen molar-refractivity contribution >= 4 is 16.3 Å². The summed E-state index contributed by atoms with van der Waals surface area (Å²) >= 11 is 0. The van der Waals surface area contributed by atoms with E-state index in [1.807, 2.05) is 0 Å². The lowest BCUT2D eigenvalue weighted by atomic mass is 10.3. The summed E-state index contributed by atoms with van der Waals surface area (Å²) in [5.41, 5.74) is 0. The van der Waals surface area contributed by atoms with E-state index in [2.05, 4.69) is 4.72 Å². The van der Waals surface area contributed by atoms with E-state index in [-0.39, 0.29) is 12.6 Å². The minimum atomic E-state index is -3.45. The van der Waals surface area contributed by atoms with Crippen LogP contribution in [0.1, 0.15) is 12.8 Å². The number of carbonyl (C=O) groups is 1. The molecule has 1 amide bonds. The molecule has 0 aromatic carbocycles.